The Bertz CT molecular complexity index is 943. The molecule has 2 aromatic carbocycles. The number of rotatable bonds is 2. The highest BCUT2D eigenvalue weighted by Crippen LogP contribution is 2.36. The maximum absolute atomic E-state index is 12.9. The Morgan fingerprint density at radius 3 is 2.73 bits per heavy atom. The predicted molar refractivity (Wildman–Crippen MR) is 98.9 cm³/mol. The van der Waals surface area contributed by atoms with E-state index in [-0.39, 0.29) is 30.8 Å². The third-order valence-electron chi connectivity index (χ3n) is 4.55. The molecule has 0 spiro atoms. The standard InChI is InChI=1S/C21H19NO4/c1-12(2)15-4-3-5-16-20(24)14(10-26-21(15)16)8-13-6-7-18-17(9-13)22-19(23)11-25-18/h3-9,12H,10-11H2,1-2H3,(H,22,23). The van der Waals surface area contributed by atoms with Crippen molar-refractivity contribution in [1.82, 2.24) is 0 Å². The smallest absolute Gasteiger partial charge is 0.262 e. The van der Waals surface area contributed by atoms with E-state index in [2.05, 4.69) is 19.2 Å². The fourth-order valence-electron chi connectivity index (χ4n) is 3.24. The minimum Gasteiger partial charge on any atom is -0.488 e. The van der Waals surface area contributed by atoms with E-state index in [0.717, 1.165) is 11.1 Å². The van der Waals surface area contributed by atoms with E-state index < -0.39 is 0 Å². The van der Waals surface area contributed by atoms with Gasteiger partial charge in [-0.3, -0.25) is 9.59 Å². The van der Waals surface area contributed by atoms with Crippen molar-refractivity contribution in [2.24, 2.45) is 0 Å². The number of amides is 1. The molecule has 132 valence electrons. The molecule has 1 N–H and O–H groups in total. The van der Waals surface area contributed by atoms with Crippen molar-refractivity contribution in [1.29, 1.82) is 0 Å². The normalized spacial score (nSPS) is 17.3. The molecule has 2 aliphatic rings. The van der Waals surface area contributed by atoms with E-state index in [1.807, 2.05) is 18.2 Å². The monoisotopic (exact) mass is 349 g/mol. The van der Waals surface area contributed by atoms with Crippen LogP contribution in [-0.2, 0) is 4.79 Å². The van der Waals surface area contributed by atoms with Crippen molar-refractivity contribution in [3.63, 3.8) is 0 Å². The number of benzene rings is 2. The van der Waals surface area contributed by atoms with Crippen LogP contribution in [0.4, 0.5) is 5.69 Å². The van der Waals surface area contributed by atoms with Crippen LogP contribution in [0.25, 0.3) is 6.08 Å². The average Bonchev–Trinajstić information content (AvgIpc) is 2.63. The predicted octanol–water partition coefficient (Wildman–Crippen LogP) is 3.80. The van der Waals surface area contributed by atoms with E-state index in [0.29, 0.717) is 28.3 Å². The number of para-hydroxylation sites is 1. The summed E-state index contributed by atoms with van der Waals surface area (Å²) in [4.78, 5) is 24.4. The molecule has 2 aliphatic heterocycles. The fourth-order valence-corrected chi connectivity index (χ4v) is 3.24. The third kappa shape index (κ3) is 2.86. The summed E-state index contributed by atoms with van der Waals surface area (Å²) in [6.07, 6.45) is 1.80. The lowest BCUT2D eigenvalue weighted by molar-refractivity contribution is -0.118. The lowest BCUT2D eigenvalue weighted by Gasteiger charge is -2.23. The molecule has 0 atom stereocenters. The highest BCUT2D eigenvalue weighted by Gasteiger charge is 2.26. The molecule has 0 saturated heterocycles. The van der Waals surface area contributed by atoms with Gasteiger partial charge >= 0.3 is 0 Å². The molecule has 5 nitrogen and oxygen atoms in total. The fraction of sp³-hybridized carbons (Fsp3) is 0.238. The van der Waals surface area contributed by atoms with Crippen LogP contribution < -0.4 is 14.8 Å². The number of nitrogens with one attached hydrogen (secondary N) is 1. The second kappa shape index (κ2) is 6.33. The molecular weight excluding hydrogens is 330 g/mol. The largest absolute Gasteiger partial charge is 0.488 e. The van der Waals surface area contributed by atoms with E-state index in [1.54, 1.807) is 24.3 Å². The quantitative estimate of drug-likeness (QED) is 0.838. The number of Topliss-reactive ketones (excluding diaryl/α,β-unsaturated/α-hetero) is 1. The Morgan fingerprint density at radius 2 is 1.92 bits per heavy atom. The van der Waals surface area contributed by atoms with Crippen LogP contribution in [0.2, 0.25) is 0 Å². The Morgan fingerprint density at radius 1 is 1.08 bits per heavy atom. The molecule has 0 aromatic heterocycles. The minimum atomic E-state index is -0.186. The number of ketones is 1. The molecule has 2 heterocycles. The Balaban J connectivity index is 1.68. The molecule has 4 rings (SSSR count). The van der Waals surface area contributed by atoms with Gasteiger partial charge in [0.15, 0.2) is 12.4 Å². The van der Waals surface area contributed by atoms with Crippen molar-refractivity contribution in [2.45, 2.75) is 19.8 Å². The Hall–Kier alpha value is -3.08. The van der Waals surface area contributed by atoms with Crippen molar-refractivity contribution in [3.05, 3.63) is 58.7 Å². The average molecular weight is 349 g/mol. The van der Waals surface area contributed by atoms with Crippen LogP contribution in [0, 0.1) is 0 Å². The number of hydrogen-bond acceptors (Lipinski definition) is 4. The molecule has 0 radical (unpaired) electrons. The molecule has 5 heteroatoms. The zero-order chi connectivity index (χ0) is 18.3. The molecule has 2 aromatic rings. The lowest BCUT2D eigenvalue weighted by Crippen LogP contribution is -2.25. The Kier molecular flexibility index (Phi) is 3.99. The summed E-state index contributed by atoms with van der Waals surface area (Å²) >= 11 is 0. The van der Waals surface area contributed by atoms with Crippen LogP contribution in [0.1, 0.15) is 41.3 Å². The minimum absolute atomic E-state index is 0.0215. The second-order valence-corrected chi connectivity index (χ2v) is 6.76. The van der Waals surface area contributed by atoms with Crippen LogP contribution >= 0.6 is 0 Å². The van der Waals surface area contributed by atoms with Crippen LogP contribution in [0.3, 0.4) is 0 Å². The molecule has 0 fully saturated rings. The highest BCUT2D eigenvalue weighted by atomic mass is 16.5. The Labute approximate surface area is 151 Å². The second-order valence-electron chi connectivity index (χ2n) is 6.76. The summed E-state index contributed by atoms with van der Waals surface area (Å²) in [5.74, 6) is 1.40. The molecule has 0 unspecified atom stereocenters. The summed E-state index contributed by atoms with van der Waals surface area (Å²) in [5.41, 5.74) is 3.65. The third-order valence-corrected chi connectivity index (χ3v) is 4.55. The van der Waals surface area contributed by atoms with Gasteiger partial charge in [-0.1, -0.05) is 32.0 Å². The van der Waals surface area contributed by atoms with Gasteiger partial charge in [-0.2, -0.15) is 0 Å². The van der Waals surface area contributed by atoms with Gasteiger partial charge in [0.25, 0.3) is 5.91 Å². The molecule has 0 bridgehead atoms. The molecular formula is C21H19NO4. The van der Waals surface area contributed by atoms with E-state index >= 15 is 0 Å². The van der Waals surface area contributed by atoms with Crippen molar-refractivity contribution >= 4 is 23.5 Å². The first-order valence-electron chi connectivity index (χ1n) is 8.60. The first-order chi connectivity index (χ1) is 12.5. The highest BCUT2D eigenvalue weighted by molar-refractivity contribution is 6.14. The number of fused-ring (bicyclic) bond motifs is 2. The van der Waals surface area contributed by atoms with Crippen LogP contribution in [-0.4, -0.2) is 24.9 Å². The zero-order valence-corrected chi connectivity index (χ0v) is 14.7. The van der Waals surface area contributed by atoms with Gasteiger partial charge in [0.1, 0.15) is 18.1 Å². The number of hydrogen-bond donors (Lipinski definition) is 1. The van der Waals surface area contributed by atoms with Gasteiger partial charge in [-0.25, -0.2) is 0 Å². The maximum Gasteiger partial charge on any atom is 0.262 e. The van der Waals surface area contributed by atoms with E-state index in [9.17, 15) is 9.59 Å². The van der Waals surface area contributed by atoms with Gasteiger partial charge in [0.05, 0.1) is 11.3 Å². The number of carbonyl (C=O) groups excluding carboxylic acids is 2. The zero-order valence-electron chi connectivity index (χ0n) is 14.7. The number of carbonyl (C=O) groups is 2. The van der Waals surface area contributed by atoms with Gasteiger partial charge in [-0.15, -0.1) is 0 Å². The topological polar surface area (TPSA) is 64.6 Å². The van der Waals surface area contributed by atoms with Gasteiger partial charge < -0.3 is 14.8 Å². The molecule has 0 saturated carbocycles. The SMILES string of the molecule is CC(C)c1cccc2c1OCC(=Cc1ccc3c(c1)NC(=O)CO3)C2=O. The maximum atomic E-state index is 12.9. The van der Waals surface area contributed by atoms with Crippen molar-refractivity contribution in [3.8, 4) is 11.5 Å². The first-order valence-corrected chi connectivity index (χ1v) is 8.60. The summed E-state index contributed by atoms with van der Waals surface area (Å²) in [6, 6.07) is 11.1. The lowest BCUT2D eigenvalue weighted by atomic mass is 9.92. The van der Waals surface area contributed by atoms with E-state index in [4.69, 9.17) is 9.47 Å². The summed E-state index contributed by atoms with van der Waals surface area (Å²) in [7, 11) is 0. The van der Waals surface area contributed by atoms with Gasteiger partial charge in [0, 0.05) is 5.57 Å². The first kappa shape index (κ1) is 16.4. The molecule has 26 heavy (non-hydrogen) atoms. The molecule has 0 aliphatic carbocycles. The summed E-state index contributed by atoms with van der Waals surface area (Å²) < 4.78 is 11.3. The van der Waals surface area contributed by atoms with Crippen molar-refractivity contribution in [2.75, 3.05) is 18.5 Å². The number of anilines is 1. The molecule has 1 amide bonds. The van der Waals surface area contributed by atoms with Crippen molar-refractivity contribution < 1.29 is 19.1 Å². The van der Waals surface area contributed by atoms with Gasteiger partial charge in [0.2, 0.25) is 0 Å². The summed E-state index contributed by atoms with van der Waals surface area (Å²) in [5, 5.41) is 2.77. The van der Waals surface area contributed by atoms with Crippen LogP contribution in [0.15, 0.2) is 42.0 Å². The summed E-state index contributed by atoms with van der Waals surface area (Å²) in [6.45, 7) is 4.42. The number of ether oxygens (including phenoxy) is 2. The van der Waals surface area contributed by atoms with Crippen LogP contribution in [0.5, 0.6) is 11.5 Å². The van der Waals surface area contributed by atoms with Gasteiger partial charge in [-0.05, 0) is 41.3 Å². The van der Waals surface area contributed by atoms with E-state index in [1.165, 1.54) is 0 Å².